The zero-order valence-electron chi connectivity index (χ0n) is 50.2. The Morgan fingerprint density at radius 2 is 1.11 bits per heavy atom. The lowest BCUT2D eigenvalue weighted by Crippen LogP contribution is -3.00. The Kier molecular flexibility index (Phi) is 25.5. The number of nitrogens with zero attached hydrogens (tertiary/aromatic N) is 7. The van der Waals surface area contributed by atoms with Crippen LogP contribution < -0.4 is 38.2 Å². The van der Waals surface area contributed by atoms with Crippen molar-refractivity contribution >= 4 is 69.3 Å². The number of nitrogens with one attached hydrogen (secondary N) is 4. The topological polar surface area (TPSA) is 248 Å². The lowest BCUT2D eigenvalue weighted by atomic mass is 9.85. The SMILES string of the molecule is CC#N.CC(CNC(=O)OCCl)CNC(=O)OC(C)(C)C.Cc1n(CC2CCc3c(c4ccccc4n3C)C2=O)cc[n+]1COC(=O)NCC(C)CNC(=O)OC(C)(C)C.Cc1nccn1CC1CCc2c(c3ccccc3n2C)C1=O.[Cl-]. The number of nitriles is 1. The standard InChI is InChI=1S/C29H39N5O5.C18H19N3O.C11H21ClN2O4.C2H3N.ClH/c1-19(16-31-28(37)39-29(3,4)5)15-30-27(36)38-18-34-14-13-33(20(34)2)17-21-11-12-24-25(26(21)35)22-9-7-8-10-23(22)32(24)6;1-12-19-9-10-21(12)11-13-7-8-16-17(18(13)22)14-5-3-4-6-15(14)20(16)2;1-8(5-13-9(15)17-7-12)6-14-10(16)18-11(2,3)4;1-2-3;/h7-10,13-14,19,21H,11-12,15-18H2,1-6H3,(H-,30,31,36,37);3-6,9-10,13H,7-8,11H2,1-2H3;8H,5-7H2,1-4H3,(H,13,15)(H,14,16);1H3;1H. The fourth-order valence-corrected chi connectivity index (χ4v) is 9.79. The summed E-state index contributed by atoms with van der Waals surface area (Å²) in [6.45, 7) is 22.8. The number of ether oxygens (including phenoxy) is 4. The van der Waals surface area contributed by atoms with Crippen LogP contribution in [0.1, 0.15) is 119 Å². The molecule has 2 aliphatic rings. The van der Waals surface area contributed by atoms with E-state index in [1.807, 2.05) is 92.8 Å². The van der Waals surface area contributed by atoms with Crippen molar-refractivity contribution in [3.8, 4) is 6.07 Å². The van der Waals surface area contributed by atoms with Crippen molar-refractivity contribution in [1.82, 2.24) is 44.5 Å². The first-order chi connectivity index (χ1) is 38.8. The number of para-hydroxylation sites is 2. The second kappa shape index (κ2) is 31.2. The van der Waals surface area contributed by atoms with E-state index in [2.05, 4.69) is 69.9 Å². The van der Waals surface area contributed by atoms with Crippen molar-refractivity contribution in [1.29, 1.82) is 5.26 Å². The first-order valence-electron chi connectivity index (χ1n) is 27.6. The van der Waals surface area contributed by atoms with Crippen LogP contribution in [0, 0.1) is 48.9 Å². The summed E-state index contributed by atoms with van der Waals surface area (Å²) in [4.78, 5) is 77.1. The number of carbonyl (C=O) groups excluding carboxylic acids is 6. The van der Waals surface area contributed by atoms with Gasteiger partial charge in [-0.05, 0) is 98.1 Å². The van der Waals surface area contributed by atoms with Crippen molar-refractivity contribution in [2.75, 3.05) is 32.2 Å². The van der Waals surface area contributed by atoms with Crippen LogP contribution >= 0.6 is 11.6 Å². The van der Waals surface area contributed by atoms with E-state index < -0.39 is 35.6 Å². The molecule has 452 valence electrons. The smallest absolute Gasteiger partial charge is 0.410 e. The van der Waals surface area contributed by atoms with E-state index in [1.54, 1.807) is 53.8 Å². The number of aromatic nitrogens is 6. The fraction of sp³-hybridized carbons (Fsp3) is 0.517. The van der Waals surface area contributed by atoms with Gasteiger partial charge in [0.15, 0.2) is 17.6 Å². The number of alkyl carbamates (subject to hydrolysis) is 4. The van der Waals surface area contributed by atoms with Gasteiger partial charge in [-0.15, -0.1) is 0 Å². The van der Waals surface area contributed by atoms with Gasteiger partial charge in [-0.1, -0.05) is 61.8 Å². The van der Waals surface area contributed by atoms with Gasteiger partial charge in [-0.25, -0.2) is 28.7 Å². The van der Waals surface area contributed by atoms with Gasteiger partial charge in [-0.2, -0.15) is 9.83 Å². The minimum absolute atomic E-state index is 0. The molecule has 0 fully saturated rings. The number of alkyl halides is 1. The van der Waals surface area contributed by atoms with Crippen LogP contribution in [0.4, 0.5) is 19.2 Å². The molecule has 0 aliphatic heterocycles. The molecule has 0 radical (unpaired) electrons. The zero-order chi connectivity index (χ0) is 60.5. The third-order valence-corrected chi connectivity index (χ3v) is 14.0. The van der Waals surface area contributed by atoms with Crippen molar-refractivity contribution in [2.24, 2.45) is 37.8 Å². The van der Waals surface area contributed by atoms with Crippen LogP contribution in [0.25, 0.3) is 21.8 Å². The quantitative estimate of drug-likeness (QED) is 0.0483. The van der Waals surface area contributed by atoms with E-state index >= 15 is 0 Å². The summed E-state index contributed by atoms with van der Waals surface area (Å²) < 4.78 is 30.5. The number of aryl methyl sites for hydroxylation is 3. The molecule has 4 amide bonds. The molecule has 0 spiro atoms. The number of carbonyl (C=O) groups is 6. The van der Waals surface area contributed by atoms with E-state index in [-0.39, 0.29) is 60.4 Å². The molecule has 4 unspecified atom stereocenters. The van der Waals surface area contributed by atoms with E-state index in [0.717, 1.165) is 82.5 Å². The molecule has 8 rings (SSSR count). The van der Waals surface area contributed by atoms with Gasteiger partial charge in [0.2, 0.25) is 6.73 Å². The highest BCUT2D eigenvalue weighted by Gasteiger charge is 2.35. The van der Waals surface area contributed by atoms with Gasteiger partial charge in [-0.3, -0.25) is 9.59 Å². The summed E-state index contributed by atoms with van der Waals surface area (Å²) in [7, 11) is 4.10. The molecule has 83 heavy (non-hydrogen) atoms. The van der Waals surface area contributed by atoms with E-state index in [4.69, 9.17) is 31.1 Å². The molecule has 0 saturated carbocycles. The third kappa shape index (κ3) is 19.5. The lowest BCUT2D eigenvalue weighted by molar-refractivity contribution is -0.732. The molecule has 0 bridgehead atoms. The molecular weight excluding hydrogens is 1110 g/mol. The molecule has 2 aliphatic carbocycles. The predicted octanol–water partition coefficient (Wildman–Crippen LogP) is 6.60. The second-order valence-electron chi connectivity index (χ2n) is 22.7. The number of hydrogen-bond acceptors (Lipinski definition) is 12. The van der Waals surface area contributed by atoms with Crippen LogP contribution in [0.2, 0.25) is 0 Å². The van der Waals surface area contributed by atoms with Crippen molar-refractivity contribution in [3.05, 3.63) is 107 Å². The molecule has 4 N–H and O–H groups in total. The minimum Gasteiger partial charge on any atom is -1.00 e. The number of rotatable bonds is 15. The largest absolute Gasteiger partial charge is 1.00 e. The summed E-state index contributed by atoms with van der Waals surface area (Å²) in [5.41, 5.74) is 5.27. The highest BCUT2D eigenvalue weighted by atomic mass is 35.5. The second-order valence-corrected chi connectivity index (χ2v) is 22.9. The molecule has 4 aromatic heterocycles. The van der Waals surface area contributed by atoms with Gasteiger partial charge < -0.3 is 66.3 Å². The summed E-state index contributed by atoms with van der Waals surface area (Å²) >= 11 is 5.22. The number of ketones is 2. The van der Waals surface area contributed by atoms with E-state index in [1.165, 1.54) is 12.6 Å². The van der Waals surface area contributed by atoms with Crippen LogP contribution in [0.15, 0.2) is 73.3 Å². The number of Topliss-reactive ketones (excluding diaryl/α,β-unsaturated/α-hetero) is 2. The van der Waals surface area contributed by atoms with Gasteiger partial charge in [0.1, 0.15) is 36.0 Å². The number of benzene rings is 2. The zero-order valence-corrected chi connectivity index (χ0v) is 51.7. The van der Waals surface area contributed by atoms with Gasteiger partial charge >= 0.3 is 24.4 Å². The van der Waals surface area contributed by atoms with Gasteiger partial charge in [0.05, 0.1) is 12.0 Å². The molecule has 0 saturated heterocycles. The normalized spacial score (nSPS) is 15.1. The number of amides is 4. The van der Waals surface area contributed by atoms with Crippen molar-refractivity contribution < 1.29 is 64.7 Å². The highest BCUT2D eigenvalue weighted by molar-refractivity contribution is 6.17. The summed E-state index contributed by atoms with van der Waals surface area (Å²) in [5.74, 6) is 2.33. The number of imidazole rings is 2. The highest BCUT2D eigenvalue weighted by Crippen LogP contribution is 2.36. The molecule has 2 aromatic carbocycles. The van der Waals surface area contributed by atoms with Crippen LogP contribution in [-0.2, 0) is 65.7 Å². The molecular formula is C60H83Cl2N11O10. The molecule has 6 aromatic rings. The number of fused-ring (bicyclic) bond motifs is 6. The Morgan fingerprint density at radius 3 is 1.52 bits per heavy atom. The maximum atomic E-state index is 13.5. The number of halogens is 2. The van der Waals surface area contributed by atoms with Gasteiger partial charge in [0.25, 0.3) is 5.82 Å². The Balaban J connectivity index is 0.000000284. The van der Waals surface area contributed by atoms with Gasteiger partial charge in [0, 0.05) is 123 Å². The number of hydrogen-bond donors (Lipinski definition) is 4. The first-order valence-corrected chi connectivity index (χ1v) is 28.2. The summed E-state index contributed by atoms with van der Waals surface area (Å²) in [5, 5.41) is 20.0. The van der Waals surface area contributed by atoms with E-state index in [9.17, 15) is 28.8 Å². The van der Waals surface area contributed by atoms with Crippen LogP contribution in [0.3, 0.4) is 0 Å². The average Bonchev–Trinajstić information content (AvgIpc) is 2.20. The van der Waals surface area contributed by atoms with Crippen LogP contribution in [0.5, 0.6) is 0 Å². The maximum Gasteiger partial charge on any atom is 0.410 e. The Labute approximate surface area is 498 Å². The molecule has 4 atom stereocenters. The fourth-order valence-electron chi connectivity index (χ4n) is 9.69. The van der Waals surface area contributed by atoms with Crippen molar-refractivity contribution in [3.63, 3.8) is 0 Å². The Bertz CT molecular complexity index is 3210. The minimum atomic E-state index is -0.575. The maximum absolute atomic E-state index is 13.5. The lowest BCUT2D eigenvalue weighted by Gasteiger charge is -2.23. The molecule has 4 heterocycles. The van der Waals surface area contributed by atoms with E-state index in [0.29, 0.717) is 32.7 Å². The molecule has 21 nitrogen and oxygen atoms in total. The third-order valence-electron chi connectivity index (χ3n) is 13.9. The monoisotopic (exact) mass is 1190 g/mol. The first kappa shape index (κ1) is 67.9. The van der Waals surface area contributed by atoms with Crippen LogP contribution in [-0.4, -0.2) is 103 Å². The average molecular weight is 1190 g/mol. The summed E-state index contributed by atoms with van der Waals surface area (Å²) in [6, 6.07) is 17.9. The Hall–Kier alpha value is -7.57. The van der Waals surface area contributed by atoms with Crippen molar-refractivity contribution in [2.45, 2.75) is 133 Å². The molecule has 23 heteroatoms. The summed E-state index contributed by atoms with van der Waals surface area (Å²) in [6.07, 6.45) is 9.00. The predicted molar refractivity (Wildman–Crippen MR) is 312 cm³/mol. The Morgan fingerprint density at radius 1 is 0.699 bits per heavy atom.